The van der Waals surface area contributed by atoms with Gasteiger partial charge >= 0.3 is 6.18 Å². The van der Waals surface area contributed by atoms with Crippen LogP contribution in [-0.4, -0.2) is 68.6 Å². The molecule has 1 aromatic carbocycles. The SMILES string of the molecule is C[C@]1(C(=O)N2CC[C@@H](F)C2)C[C@@](C)(c2cc(NC(=O)c3cnc(OCC(F)(F)F)cn3)ccc2F)N=C(N)S1. The summed E-state index contributed by atoms with van der Waals surface area (Å²) in [7, 11) is 0. The summed E-state index contributed by atoms with van der Waals surface area (Å²) >= 11 is 1.04. The zero-order valence-corrected chi connectivity index (χ0v) is 21.7. The number of amides is 2. The summed E-state index contributed by atoms with van der Waals surface area (Å²) in [5.41, 5.74) is 4.79. The molecule has 0 saturated carbocycles. The molecule has 0 aliphatic carbocycles. The van der Waals surface area contributed by atoms with Gasteiger partial charge < -0.3 is 20.7 Å². The number of rotatable bonds is 6. The number of likely N-dealkylation sites (tertiary alicyclic amines) is 1. The van der Waals surface area contributed by atoms with Crippen LogP contribution in [0.3, 0.4) is 0 Å². The molecule has 1 aromatic heterocycles. The summed E-state index contributed by atoms with van der Waals surface area (Å²) in [6.45, 7) is 1.97. The third-order valence-electron chi connectivity index (χ3n) is 6.29. The molecule has 3 heterocycles. The van der Waals surface area contributed by atoms with Crippen LogP contribution in [0.15, 0.2) is 35.6 Å². The van der Waals surface area contributed by atoms with Gasteiger partial charge in [0.2, 0.25) is 11.8 Å². The van der Waals surface area contributed by atoms with Crippen molar-refractivity contribution >= 4 is 34.4 Å². The van der Waals surface area contributed by atoms with Crippen LogP contribution < -0.4 is 15.8 Å². The van der Waals surface area contributed by atoms with E-state index in [4.69, 9.17) is 5.73 Å². The number of nitrogens with two attached hydrogens (primary N) is 1. The number of hydrogen-bond donors (Lipinski definition) is 2. The van der Waals surface area contributed by atoms with Gasteiger partial charge in [0.25, 0.3) is 5.91 Å². The Bertz CT molecular complexity index is 1290. The first-order valence-electron chi connectivity index (χ1n) is 11.8. The number of halogens is 5. The third-order valence-corrected chi connectivity index (χ3v) is 7.36. The molecule has 0 bridgehead atoms. The Morgan fingerprint density at radius 1 is 1.26 bits per heavy atom. The largest absolute Gasteiger partial charge is 0.467 e. The van der Waals surface area contributed by atoms with Crippen molar-refractivity contribution in [2.75, 3.05) is 25.0 Å². The van der Waals surface area contributed by atoms with Gasteiger partial charge in [-0.2, -0.15) is 13.2 Å². The van der Waals surface area contributed by atoms with Gasteiger partial charge in [-0.3, -0.25) is 14.6 Å². The number of ether oxygens (including phenoxy) is 1. The fourth-order valence-corrected chi connectivity index (χ4v) is 5.89. The molecule has 2 aliphatic heterocycles. The lowest BCUT2D eigenvalue weighted by Crippen LogP contribution is -2.51. The quantitative estimate of drug-likeness (QED) is 0.505. The fraction of sp³-hybridized carbons (Fsp3) is 0.458. The number of carbonyl (C=O) groups is 2. The highest BCUT2D eigenvalue weighted by Gasteiger charge is 2.49. The lowest BCUT2D eigenvalue weighted by Gasteiger charge is -2.41. The maximum absolute atomic E-state index is 15.1. The summed E-state index contributed by atoms with van der Waals surface area (Å²) in [5, 5.41) is 2.59. The molecule has 2 aromatic rings. The molecule has 0 spiro atoms. The van der Waals surface area contributed by atoms with Crippen LogP contribution >= 0.6 is 11.8 Å². The molecule has 0 unspecified atom stereocenters. The summed E-state index contributed by atoms with van der Waals surface area (Å²) in [5.74, 6) is -2.14. The maximum Gasteiger partial charge on any atom is 0.422 e. The number of alkyl halides is 4. The molecule has 210 valence electrons. The number of thioether (sulfide) groups is 1. The van der Waals surface area contributed by atoms with Gasteiger partial charge in [-0.05, 0) is 38.5 Å². The fourth-order valence-electron chi connectivity index (χ4n) is 4.62. The highest BCUT2D eigenvalue weighted by atomic mass is 32.2. The molecule has 1 saturated heterocycles. The Morgan fingerprint density at radius 2 is 2.00 bits per heavy atom. The molecule has 9 nitrogen and oxygen atoms in total. The van der Waals surface area contributed by atoms with E-state index in [2.05, 4.69) is 25.0 Å². The van der Waals surface area contributed by atoms with Gasteiger partial charge in [-0.1, -0.05) is 11.8 Å². The first kappa shape index (κ1) is 28.5. The number of aliphatic imine (C=N–C) groups is 1. The average Bonchev–Trinajstić information content (AvgIpc) is 3.28. The number of amidine groups is 1. The topological polar surface area (TPSA) is 123 Å². The maximum atomic E-state index is 15.1. The van der Waals surface area contributed by atoms with Crippen LogP contribution in [0.1, 0.15) is 42.7 Å². The smallest absolute Gasteiger partial charge is 0.422 e. The van der Waals surface area contributed by atoms with Crippen LogP contribution in [0.25, 0.3) is 0 Å². The molecule has 2 amide bonds. The normalized spacial score (nSPS) is 25.3. The van der Waals surface area contributed by atoms with Gasteiger partial charge in [-0.15, -0.1) is 0 Å². The van der Waals surface area contributed by atoms with Gasteiger partial charge in [0.05, 0.1) is 24.5 Å². The summed E-state index contributed by atoms with van der Waals surface area (Å²) < 4.78 is 69.1. The van der Waals surface area contributed by atoms with Crippen molar-refractivity contribution in [3.8, 4) is 5.88 Å². The zero-order valence-electron chi connectivity index (χ0n) is 20.9. The van der Waals surface area contributed by atoms with Crippen molar-refractivity contribution in [1.82, 2.24) is 14.9 Å². The Labute approximate surface area is 224 Å². The molecule has 2 aliphatic rings. The van der Waals surface area contributed by atoms with Crippen molar-refractivity contribution in [2.45, 2.75) is 49.3 Å². The van der Waals surface area contributed by atoms with Crippen LogP contribution in [0.4, 0.5) is 27.6 Å². The summed E-state index contributed by atoms with van der Waals surface area (Å²) in [4.78, 5) is 39.2. The highest BCUT2D eigenvalue weighted by molar-refractivity contribution is 8.15. The third kappa shape index (κ3) is 6.57. The Morgan fingerprint density at radius 3 is 2.62 bits per heavy atom. The zero-order chi connectivity index (χ0) is 28.6. The van der Waals surface area contributed by atoms with Crippen LogP contribution in [0, 0.1) is 5.82 Å². The number of anilines is 1. The van der Waals surface area contributed by atoms with Crippen LogP contribution in [0.2, 0.25) is 0 Å². The second-order valence-electron chi connectivity index (χ2n) is 9.66. The molecule has 15 heteroatoms. The van der Waals surface area contributed by atoms with Crippen molar-refractivity contribution < 1.29 is 36.3 Å². The Hall–Kier alpha value is -3.49. The molecule has 39 heavy (non-hydrogen) atoms. The van der Waals surface area contributed by atoms with E-state index in [0.717, 1.165) is 30.2 Å². The van der Waals surface area contributed by atoms with E-state index < -0.39 is 46.8 Å². The molecule has 0 radical (unpaired) electrons. The minimum absolute atomic E-state index is 0.0169. The highest BCUT2D eigenvalue weighted by Crippen LogP contribution is 2.47. The number of aromatic nitrogens is 2. The molecule has 1 fully saturated rings. The summed E-state index contributed by atoms with van der Waals surface area (Å²) in [6.07, 6.45) is -3.55. The van der Waals surface area contributed by atoms with E-state index in [-0.39, 0.29) is 54.0 Å². The molecular formula is C24H25F5N6O3S. The summed E-state index contributed by atoms with van der Waals surface area (Å²) in [6, 6.07) is 3.78. The standard InChI is InChI=1S/C24H25F5N6O3S/c1-22(11-23(2,39-21(30)34-22)20(37)35-6-5-13(25)10-35)15-7-14(3-4-16(15)26)33-19(36)17-8-32-18(9-31-17)38-12-24(27,28)29/h3-4,7-9,13H,5-6,10-12H2,1-2H3,(H2,30,34)(H,33,36)/t13-,22+,23-/m1/s1. The van der Waals surface area contributed by atoms with Gasteiger partial charge in [0.1, 0.15) is 22.4 Å². The van der Waals surface area contributed by atoms with Crippen molar-refractivity contribution in [1.29, 1.82) is 0 Å². The van der Waals surface area contributed by atoms with Gasteiger partial charge in [0, 0.05) is 24.2 Å². The number of nitrogens with zero attached hydrogens (tertiary/aromatic N) is 4. The Kier molecular flexibility index (Phi) is 7.74. The number of nitrogens with one attached hydrogen (secondary N) is 1. The van der Waals surface area contributed by atoms with E-state index in [1.54, 1.807) is 13.8 Å². The lowest BCUT2D eigenvalue weighted by molar-refractivity contribution is -0.154. The second-order valence-corrected chi connectivity index (χ2v) is 11.2. The number of benzene rings is 1. The van der Waals surface area contributed by atoms with E-state index in [1.165, 1.54) is 17.0 Å². The number of carbonyl (C=O) groups excluding carboxylic acids is 2. The average molecular weight is 573 g/mol. The van der Waals surface area contributed by atoms with Crippen molar-refractivity contribution in [2.24, 2.45) is 10.7 Å². The van der Waals surface area contributed by atoms with Gasteiger partial charge in [-0.25, -0.2) is 18.7 Å². The van der Waals surface area contributed by atoms with E-state index in [0.29, 0.717) is 0 Å². The first-order valence-corrected chi connectivity index (χ1v) is 12.6. The van der Waals surface area contributed by atoms with Crippen LogP contribution in [0.5, 0.6) is 5.88 Å². The number of hydrogen-bond acceptors (Lipinski definition) is 8. The molecule has 3 atom stereocenters. The minimum Gasteiger partial charge on any atom is -0.467 e. The molecule has 3 N–H and O–H groups in total. The van der Waals surface area contributed by atoms with Crippen molar-refractivity contribution in [3.63, 3.8) is 0 Å². The van der Waals surface area contributed by atoms with E-state index >= 15 is 4.39 Å². The predicted molar refractivity (Wildman–Crippen MR) is 134 cm³/mol. The monoisotopic (exact) mass is 572 g/mol. The van der Waals surface area contributed by atoms with Crippen LogP contribution in [-0.2, 0) is 10.3 Å². The van der Waals surface area contributed by atoms with E-state index in [9.17, 15) is 27.2 Å². The van der Waals surface area contributed by atoms with E-state index in [1.807, 2.05) is 0 Å². The second kappa shape index (κ2) is 10.6. The predicted octanol–water partition coefficient (Wildman–Crippen LogP) is 3.81. The first-order chi connectivity index (χ1) is 18.2. The molecule has 4 rings (SSSR count). The van der Waals surface area contributed by atoms with Gasteiger partial charge in [0.15, 0.2) is 11.8 Å². The Balaban J connectivity index is 1.53. The molecular weight excluding hydrogens is 547 g/mol. The lowest BCUT2D eigenvalue weighted by atomic mass is 9.82. The minimum atomic E-state index is -4.56. The van der Waals surface area contributed by atoms with Crippen molar-refractivity contribution in [3.05, 3.63) is 47.7 Å².